The van der Waals surface area contributed by atoms with Crippen LogP contribution in [0, 0.1) is 5.92 Å². The predicted octanol–water partition coefficient (Wildman–Crippen LogP) is 2.04. The van der Waals surface area contributed by atoms with Crippen molar-refractivity contribution >= 4 is 0 Å². The Hall–Kier alpha value is -0.120. The van der Waals surface area contributed by atoms with Crippen LogP contribution in [0.1, 0.15) is 41.5 Å². The van der Waals surface area contributed by atoms with E-state index in [1.54, 1.807) is 0 Å². The molecule has 1 fully saturated rings. The van der Waals surface area contributed by atoms with Crippen molar-refractivity contribution in [3.05, 3.63) is 0 Å². The third kappa shape index (κ3) is 6.17. The first-order chi connectivity index (χ1) is 8.28. The van der Waals surface area contributed by atoms with Crippen LogP contribution in [-0.2, 0) is 0 Å². The Balaban J connectivity index is 2.20. The Morgan fingerprint density at radius 2 is 1.56 bits per heavy atom. The molecule has 1 aliphatic rings. The summed E-state index contributed by atoms with van der Waals surface area (Å²) in [5.41, 5.74) is 0.241. The van der Waals surface area contributed by atoms with Gasteiger partial charge in [0.1, 0.15) is 0 Å². The van der Waals surface area contributed by atoms with Crippen molar-refractivity contribution in [3.8, 4) is 0 Å². The van der Waals surface area contributed by atoms with Crippen molar-refractivity contribution in [2.75, 3.05) is 39.3 Å². The summed E-state index contributed by atoms with van der Waals surface area (Å²) >= 11 is 0. The van der Waals surface area contributed by atoms with Gasteiger partial charge in [0, 0.05) is 44.3 Å². The molecule has 0 saturated carbocycles. The maximum Gasteiger partial charge on any atom is 0.0113 e. The van der Waals surface area contributed by atoms with Gasteiger partial charge in [-0.05, 0) is 47.1 Å². The van der Waals surface area contributed by atoms with E-state index in [4.69, 9.17) is 0 Å². The normalized spacial score (nSPS) is 21.5. The van der Waals surface area contributed by atoms with Crippen molar-refractivity contribution in [3.63, 3.8) is 0 Å². The van der Waals surface area contributed by atoms with Crippen LogP contribution < -0.4 is 5.32 Å². The quantitative estimate of drug-likeness (QED) is 0.811. The molecule has 1 atom stereocenters. The van der Waals surface area contributed by atoms with Gasteiger partial charge in [0.2, 0.25) is 0 Å². The number of piperazine rings is 1. The first kappa shape index (κ1) is 15.9. The largest absolute Gasteiger partial charge is 0.312 e. The zero-order chi connectivity index (χ0) is 13.8. The maximum absolute atomic E-state index is 3.60. The molecular weight excluding hydrogens is 222 g/mol. The molecule has 0 aromatic rings. The first-order valence-corrected chi connectivity index (χ1v) is 7.49. The summed E-state index contributed by atoms with van der Waals surface area (Å²) in [5.74, 6) is 0.731. The van der Waals surface area contributed by atoms with Gasteiger partial charge < -0.3 is 10.2 Å². The summed E-state index contributed by atoms with van der Waals surface area (Å²) in [6.07, 6.45) is 0. The molecule has 3 nitrogen and oxygen atoms in total. The van der Waals surface area contributed by atoms with E-state index in [2.05, 4.69) is 56.7 Å². The van der Waals surface area contributed by atoms with Gasteiger partial charge in [-0.2, -0.15) is 0 Å². The molecule has 0 aliphatic carbocycles. The zero-order valence-corrected chi connectivity index (χ0v) is 13.3. The van der Waals surface area contributed by atoms with E-state index in [1.165, 1.54) is 32.7 Å². The van der Waals surface area contributed by atoms with Gasteiger partial charge in [-0.25, -0.2) is 0 Å². The summed E-state index contributed by atoms with van der Waals surface area (Å²) in [4.78, 5) is 5.20. The second kappa shape index (κ2) is 6.88. The maximum atomic E-state index is 3.60. The molecule has 1 aliphatic heterocycles. The molecule has 3 heteroatoms. The van der Waals surface area contributed by atoms with Gasteiger partial charge in [0.15, 0.2) is 0 Å². The zero-order valence-electron chi connectivity index (χ0n) is 13.3. The Morgan fingerprint density at radius 3 is 2.00 bits per heavy atom. The van der Waals surface area contributed by atoms with Crippen molar-refractivity contribution in [2.24, 2.45) is 5.92 Å². The van der Waals surface area contributed by atoms with Crippen molar-refractivity contribution in [1.29, 1.82) is 0 Å². The number of nitrogens with zero attached hydrogens (tertiary/aromatic N) is 2. The number of hydrogen-bond donors (Lipinski definition) is 1. The fraction of sp³-hybridized carbons (Fsp3) is 1.00. The highest BCUT2D eigenvalue weighted by Gasteiger charge is 2.20. The van der Waals surface area contributed by atoms with E-state index in [-0.39, 0.29) is 5.54 Å². The fourth-order valence-electron chi connectivity index (χ4n) is 2.45. The fourth-order valence-corrected chi connectivity index (χ4v) is 2.45. The first-order valence-electron chi connectivity index (χ1n) is 7.49. The van der Waals surface area contributed by atoms with Crippen LogP contribution in [0.2, 0.25) is 0 Å². The highest BCUT2D eigenvalue weighted by molar-refractivity contribution is 4.77. The Labute approximate surface area is 114 Å². The third-order valence-electron chi connectivity index (χ3n) is 3.69. The lowest BCUT2D eigenvalue weighted by Crippen LogP contribution is -2.50. The van der Waals surface area contributed by atoms with Crippen LogP contribution in [0.4, 0.5) is 0 Å². The minimum atomic E-state index is 0.241. The van der Waals surface area contributed by atoms with Gasteiger partial charge in [-0.3, -0.25) is 4.90 Å². The lowest BCUT2D eigenvalue weighted by Gasteiger charge is -2.38. The van der Waals surface area contributed by atoms with Gasteiger partial charge in [-0.1, -0.05) is 6.92 Å². The Bertz CT molecular complexity index is 224. The SMILES string of the molecule is CC(CNC(C)(C)C)CN1CCN(C(C)C)CC1. The van der Waals surface area contributed by atoms with Crippen LogP contribution in [0.15, 0.2) is 0 Å². The average Bonchev–Trinajstić information content (AvgIpc) is 2.26. The van der Waals surface area contributed by atoms with Gasteiger partial charge in [-0.15, -0.1) is 0 Å². The lowest BCUT2D eigenvalue weighted by molar-refractivity contribution is 0.0977. The minimum absolute atomic E-state index is 0.241. The molecule has 1 rings (SSSR count). The molecule has 0 amide bonds. The molecule has 1 N–H and O–H groups in total. The van der Waals surface area contributed by atoms with E-state index in [1.807, 2.05) is 0 Å². The van der Waals surface area contributed by atoms with E-state index in [0.717, 1.165) is 12.5 Å². The van der Waals surface area contributed by atoms with E-state index >= 15 is 0 Å². The number of rotatable bonds is 5. The number of hydrogen-bond acceptors (Lipinski definition) is 3. The van der Waals surface area contributed by atoms with Crippen LogP contribution >= 0.6 is 0 Å². The molecule has 0 aromatic carbocycles. The molecule has 18 heavy (non-hydrogen) atoms. The summed E-state index contributed by atoms with van der Waals surface area (Å²) in [6, 6.07) is 0.701. The standard InChI is InChI=1S/C15H33N3/c1-13(2)18-9-7-17(8-10-18)12-14(3)11-16-15(4,5)6/h13-14,16H,7-12H2,1-6H3. The molecule has 1 saturated heterocycles. The monoisotopic (exact) mass is 255 g/mol. The van der Waals surface area contributed by atoms with Crippen LogP contribution in [0.5, 0.6) is 0 Å². The van der Waals surface area contributed by atoms with E-state index in [0.29, 0.717) is 6.04 Å². The van der Waals surface area contributed by atoms with Crippen LogP contribution in [-0.4, -0.2) is 60.6 Å². The Morgan fingerprint density at radius 1 is 1.00 bits per heavy atom. The van der Waals surface area contributed by atoms with Gasteiger partial charge in [0.05, 0.1) is 0 Å². The second-order valence-corrected chi connectivity index (χ2v) is 7.17. The van der Waals surface area contributed by atoms with E-state index in [9.17, 15) is 0 Å². The smallest absolute Gasteiger partial charge is 0.0113 e. The summed E-state index contributed by atoms with van der Waals surface area (Å²) in [6.45, 7) is 20.9. The molecule has 108 valence electrons. The molecular formula is C15H33N3. The van der Waals surface area contributed by atoms with Crippen molar-refractivity contribution in [1.82, 2.24) is 15.1 Å². The molecule has 0 spiro atoms. The second-order valence-electron chi connectivity index (χ2n) is 7.17. The molecule has 1 heterocycles. The predicted molar refractivity (Wildman–Crippen MR) is 80.1 cm³/mol. The topological polar surface area (TPSA) is 18.5 Å². The Kier molecular flexibility index (Phi) is 6.09. The lowest BCUT2D eigenvalue weighted by atomic mass is 10.1. The molecule has 0 bridgehead atoms. The van der Waals surface area contributed by atoms with Crippen molar-refractivity contribution in [2.45, 2.75) is 53.1 Å². The van der Waals surface area contributed by atoms with Gasteiger partial charge in [0.25, 0.3) is 0 Å². The highest BCUT2D eigenvalue weighted by Crippen LogP contribution is 2.09. The van der Waals surface area contributed by atoms with Crippen LogP contribution in [0.3, 0.4) is 0 Å². The number of nitrogens with one attached hydrogen (secondary N) is 1. The highest BCUT2D eigenvalue weighted by atomic mass is 15.3. The van der Waals surface area contributed by atoms with Crippen LogP contribution in [0.25, 0.3) is 0 Å². The average molecular weight is 255 g/mol. The summed E-state index contributed by atoms with van der Waals surface area (Å²) < 4.78 is 0. The van der Waals surface area contributed by atoms with Crippen molar-refractivity contribution < 1.29 is 0 Å². The summed E-state index contributed by atoms with van der Waals surface area (Å²) in [7, 11) is 0. The van der Waals surface area contributed by atoms with E-state index < -0.39 is 0 Å². The minimum Gasteiger partial charge on any atom is -0.312 e. The third-order valence-corrected chi connectivity index (χ3v) is 3.69. The molecule has 0 aromatic heterocycles. The summed E-state index contributed by atoms with van der Waals surface area (Å²) in [5, 5.41) is 3.60. The molecule has 1 unspecified atom stereocenters. The van der Waals surface area contributed by atoms with Gasteiger partial charge >= 0.3 is 0 Å². The molecule has 0 radical (unpaired) electrons.